The van der Waals surface area contributed by atoms with Crippen molar-refractivity contribution < 1.29 is 9.53 Å². The van der Waals surface area contributed by atoms with Gasteiger partial charge in [-0.1, -0.05) is 25.3 Å². The van der Waals surface area contributed by atoms with E-state index in [-0.39, 0.29) is 11.5 Å². The molecule has 1 aliphatic carbocycles. The smallest absolute Gasteiger partial charge is 0.248 e. The SMILES string of the molecule is CN(C(=O)CCCOc1cccc2[nH]c(=O)ccc12)C1CCCCC1. The molecule has 0 unspecified atom stereocenters. The lowest BCUT2D eigenvalue weighted by Crippen LogP contribution is -2.38. The maximum absolute atomic E-state index is 12.3. The molecule has 0 saturated heterocycles. The molecular formula is C20H26N2O3. The number of H-pyrrole nitrogens is 1. The summed E-state index contributed by atoms with van der Waals surface area (Å²) >= 11 is 0. The van der Waals surface area contributed by atoms with E-state index >= 15 is 0 Å². The molecule has 0 bridgehead atoms. The molecule has 1 aliphatic rings. The van der Waals surface area contributed by atoms with Gasteiger partial charge in [-0.15, -0.1) is 0 Å². The van der Waals surface area contributed by atoms with E-state index < -0.39 is 0 Å². The lowest BCUT2D eigenvalue weighted by molar-refractivity contribution is -0.132. The van der Waals surface area contributed by atoms with Gasteiger partial charge in [-0.3, -0.25) is 9.59 Å². The largest absolute Gasteiger partial charge is 0.493 e. The van der Waals surface area contributed by atoms with E-state index in [0.717, 1.165) is 29.5 Å². The van der Waals surface area contributed by atoms with Gasteiger partial charge in [-0.2, -0.15) is 0 Å². The molecule has 0 atom stereocenters. The Morgan fingerprint density at radius 2 is 2.00 bits per heavy atom. The molecule has 5 heteroatoms. The molecule has 1 N–H and O–H groups in total. The molecule has 0 spiro atoms. The number of carbonyl (C=O) groups excluding carboxylic acids is 1. The highest BCUT2D eigenvalue weighted by Gasteiger charge is 2.21. The van der Waals surface area contributed by atoms with Crippen LogP contribution in [0.1, 0.15) is 44.9 Å². The molecule has 5 nitrogen and oxygen atoms in total. The number of hydrogen-bond donors (Lipinski definition) is 1. The van der Waals surface area contributed by atoms with Gasteiger partial charge in [0.15, 0.2) is 0 Å². The van der Waals surface area contributed by atoms with Gasteiger partial charge in [0.05, 0.1) is 12.1 Å². The fourth-order valence-corrected chi connectivity index (χ4v) is 3.54. The number of ether oxygens (including phenoxy) is 1. The Labute approximate surface area is 148 Å². The third kappa shape index (κ3) is 4.41. The van der Waals surface area contributed by atoms with Gasteiger partial charge in [0.25, 0.3) is 0 Å². The molecular weight excluding hydrogens is 316 g/mol. The molecule has 1 aromatic carbocycles. The number of aromatic amines is 1. The van der Waals surface area contributed by atoms with Crippen molar-refractivity contribution in [3.8, 4) is 5.75 Å². The Morgan fingerprint density at radius 3 is 2.80 bits per heavy atom. The molecule has 2 aromatic rings. The first-order valence-corrected chi connectivity index (χ1v) is 9.15. The van der Waals surface area contributed by atoms with Crippen LogP contribution in [0.3, 0.4) is 0 Å². The van der Waals surface area contributed by atoms with Crippen LogP contribution in [0.5, 0.6) is 5.75 Å². The monoisotopic (exact) mass is 342 g/mol. The summed E-state index contributed by atoms with van der Waals surface area (Å²) in [5, 5.41) is 0.882. The lowest BCUT2D eigenvalue weighted by atomic mass is 9.94. The summed E-state index contributed by atoms with van der Waals surface area (Å²) in [6, 6.07) is 9.28. The van der Waals surface area contributed by atoms with E-state index in [4.69, 9.17) is 4.74 Å². The van der Waals surface area contributed by atoms with Crippen LogP contribution in [0.15, 0.2) is 35.1 Å². The topological polar surface area (TPSA) is 62.4 Å². The van der Waals surface area contributed by atoms with Gasteiger partial charge in [0, 0.05) is 31.0 Å². The second-order valence-corrected chi connectivity index (χ2v) is 6.79. The lowest BCUT2D eigenvalue weighted by Gasteiger charge is -2.31. The van der Waals surface area contributed by atoms with E-state index in [0.29, 0.717) is 25.5 Å². The summed E-state index contributed by atoms with van der Waals surface area (Å²) in [5.41, 5.74) is 0.638. The summed E-state index contributed by atoms with van der Waals surface area (Å²) < 4.78 is 5.84. The molecule has 25 heavy (non-hydrogen) atoms. The minimum Gasteiger partial charge on any atom is -0.493 e. The number of hydrogen-bond acceptors (Lipinski definition) is 3. The Hall–Kier alpha value is -2.30. The molecule has 3 rings (SSSR count). The van der Waals surface area contributed by atoms with Crippen molar-refractivity contribution in [2.24, 2.45) is 0 Å². The Morgan fingerprint density at radius 1 is 1.20 bits per heavy atom. The number of fused-ring (bicyclic) bond motifs is 1. The van der Waals surface area contributed by atoms with Crippen molar-refractivity contribution in [3.63, 3.8) is 0 Å². The number of nitrogens with one attached hydrogen (secondary N) is 1. The summed E-state index contributed by atoms with van der Waals surface area (Å²) in [6.07, 6.45) is 7.22. The molecule has 1 heterocycles. The Balaban J connectivity index is 1.50. The van der Waals surface area contributed by atoms with Gasteiger partial charge in [0.2, 0.25) is 11.5 Å². The van der Waals surface area contributed by atoms with E-state index in [2.05, 4.69) is 4.98 Å². The highest BCUT2D eigenvalue weighted by molar-refractivity contribution is 5.84. The van der Waals surface area contributed by atoms with E-state index in [1.807, 2.05) is 30.1 Å². The van der Waals surface area contributed by atoms with E-state index in [9.17, 15) is 9.59 Å². The quantitative estimate of drug-likeness (QED) is 0.818. The minimum atomic E-state index is -0.124. The van der Waals surface area contributed by atoms with Crippen molar-refractivity contribution in [1.82, 2.24) is 9.88 Å². The predicted molar refractivity (Wildman–Crippen MR) is 98.9 cm³/mol. The number of nitrogens with zero attached hydrogens (tertiary/aromatic N) is 1. The molecule has 0 radical (unpaired) electrons. The van der Waals surface area contributed by atoms with Crippen LogP contribution in [-0.2, 0) is 4.79 Å². The maximum atomic E-state index is 12.3. The summed E-state index contributed by atoms with van der Waals surface area (Å²) in [5.74, 6) is 0.944. The van der Waals surface area contributed by atoms with Crippen LogP contribution in [0.2, 0.25) is 0 Å². The maximum Gasteiger partial charge on any atom is 0.248 e. The molecule has 1 amide bonds. The van der Waals surface area contributed by atoms with Crippen molar-refractivity contribution in [1.29, 1.82) is 0 Å². The molecule has 1 saturated carbocycles. The average molecular weight is 342 g/mol. The van der Waals surface area contributed by atoms with Crippen LogP contribution >= 0.6 is 0 Å². The van der Waals surface area contributed by atoms with Gasteiger partial charge in [-0.05, 0) is 37.5 Å². The first-order valence-electron chi connectivity index (χ1n) is 9.15. The number of carbonyl (C=O) groups is 1. The zero-order valence-electron chi connectivity index (χ0n) is 14.8. The number of amides is 1. The van der Waals surface area contributed by atoms with Crippen LogP contribution < -0.4 is 10.3 Å². The molecule has 1 aromatic heterocycles. The fourth-order valence-electron chi connectivity index (χ4n) is 3.54. The van der Waals surface area contributed by atoms with Crippen LogP contribution in [-0.4, -0.2) is 35.5 Å². The van der Waals surface area contributed by atoms with E-state index in [1.165, 1.54) is 25.3 Å². The average Bonchev–Trinajstić information content (AvgIpc) is 2.64. The van der Waals surface area contributed by atoms with Crippen LogP contribution in [0.4, 0.5) is 0 Å². The molecule has 0 aliphatic heterocycles. The predicted octanol–water partition coefficient (Wildman–Crippen LogP) is 3.48. The van der Waals surface area contributed by atoms with Crippen molar-refractivity contribution in [3.05, 3.63) is 40.7 Å². The van der Waals surface area contributed by atoms with Crippen molar-refractivity contribution >= 4 is 16.8 Å². The Bertz CT molecular complexity index is 778. The van der Waals surface area contributed by atoms with Crippen LogP contribution in [0.25, 0.3) is 10.9 Å². The summed E-state index contributed by atoms with van der Waals surface area (Å²) in [7, 11) is 1.93. The third-order valence-corrected chi connectivity index (χ3v) is 5.03. The number of rotatable bonds is 6. The van der Waals surface area contributed by atoms with Gasteiger partial charge < -0.3 is 14.6 Å². The van der Waals surface area contributed by atoms with Gasteiger partial charge in [-0.25, -0.2) is 0 Å². The van der Waals surface area contributed by atoms with Crippen molar-refractivity contribution in [2.45, 2.75) is 51.0 Å². The van der Waals surface area contributed by atoms with E-state index in [1.54, 1.807) is 6.07 Å². The second kappa shape index (κ2) is 8.19. The number of pyridine rings is 1. The van der Waals surface area contributed by atoms with Crippen LogP contribution in [0, 0.1) is 0 Å². The third-order valence-electron chi connectivity index (χ3n) is 5.03. The first kappa shape index (κ1) is 17.5. The normalized spacial score (nSPS) is 15.2. The molecule has 134 valence electrons. The summed E-state index contributed by atoms with van der Waals surface area (Å²) in [6.45, 7) is 0.489. The Kier molecular flexibility index (Phi) is 5.74. The second-order valence-electron chi connectivity index (χ2n) is 6.79. The standard InChI is InChI=1S/C20H26N2O3/c1-22(15-7-3-2-4-8-15)20(24)11-6-14-25-18-10-5-9-17-16(18)12-13-19(23)21-17/h5,9-10,12-13,15H,2-4,6-8,11,14H2,1H3,(H,21,23). The highest BCUT2D eigenvalue weighted by Crippen LogP contribution is 2.24. The number of aromatic nitrogens is 1. The first-order chi connectivity index (χ1) is 12.1. The zero-order chi connectivity index (χ0) is 17.6. The number of benzene rings is 1. The minimum absolute atomic E-state index is 0.124. The highest BCUT2D eigenvalue weighted by atomic mass is 16.5. The summed E-state index contributed by atoms with van der Waals surface area (Å²) in [4.78, 5) is 28.4. The zero-order valence-corrected chi connectivity index (χ0v) is 14.8. The van der Waals surface area contributed by atoms with Gasteiger partial charge in [0.1, 0.15) is 5.75 Å². The molecule has 1 fully saturated rings. The fraction of sp³-hybridized carbons (Fsp3) is 0.500. The van der Waals surface area contributed by atoms with Crippen molar-refractivity contribution in [2.75, 3.05) is 13.7 Å². The van der Waals surface area contributed by atoms with Gasteiger partial charge >= 0.3 is 0 Å².